The van der Waals surface area contributed by atoms with Crippen molar-refractivity contribution in [1.82, 2.24) is 0 Å². The summed E-state index contributed by atoms with van der Waals surface area (Å²) < 4.78 is 4.51. The largest absolute Gasteiger partial charge is 0.377 e. The molecule has 102 valence electrons. The fourth-order valence-corrected chi connectivity index (χ4v) is 3.63. The van der Waals surface area contributed by atoms with Crippen molar-refractivity contribution >= 4 is 33.0 Å². The van der Waals surface area contributed by atoms with Gasteiger partial charge in [0, 0.05) is 5.57 Å². The van der Waals surface area contributed by atoms with Gasteiger partial charge in [-0.1, -0.05) is 54.3 Å². The van der Waals surface area contributed by atoms with E-state index in [9.17, 15) is 5.11 Å². The van der Waals surface area contributed by atoms with Crippen LogP contribution < -0.4 is 0 Å². The maximum atomic E-state index is 9.84. The summed E-state index contributed by atoms with van der Waals surface area (Å²) in [6.07, 6.45) is 8.97. The van der Waals surface area contributed by atoms with E-state index in [-0.39, 0.29) is 0 Å². The summed E-state index contributed by atoms with van der Waals surface area (Å²) in [5.41, 5.74) is 2.01. The molecule has 1 aromatic rings. The molecule has 1 nitrogen and oxygen atoms in total. The van der Waals surface area contributed by atoms with Gasteiger partial charge in [0.05, 0.1) is 0 Å². The molecule has 0 spiro atoms. The van der Waals surface area contributed by atoms with Crippen LogP contribution in [-0.4, -0.2) is 24.2 Å². The molecule has 1 aliphatic heterocycles. The van der Waals surface area contributed by atoms with Crippen LogP contribution >= 0.6 is 18.9 Å². The maximum Gasteiger partial charge on any atom is 0.134 e. The first kappa shape index (κ1) is 14.8. The maximum absolute atomic E-state index is 9.84. The lowest BCUT2D eigenvalue weighted by molar-refractivity contribution is 0.281. The van der Waals surface area contributed by atoms with E-state index in [4.69, 9.17) is 0 Å². The van der Waals surface area contributed by atoms with E-state index in [1.165, 1.54) is 0 Å². The molecule has 0 saturated heterocycles. The Hall–Kier alpha value is -1.57. The number of benzene rings is 1. The molecule has 0 radical (unpaired) electrons. The molecule has 1 heterocycles. The topological polar surface area (TPSA) is 20.2 Å². The van der Waals surface area contributed by atoms with Crippen LogP contribution in [0.3, 0.4) is 0 Å². The molecule has 2 rings (SSSR count). The number of aliphatic hydroxyl groups is 1. The Balaban J connectivity index is 2.01. The molecular weight excluding hydrogens is 359 g/mol. The number of hydrogen-bond donors (Lipinski definition) is 1. The Kier molecular flexibility index (Phi) is 5.85. The highest BCUT2D eigenvalue weighted by Crippen LogP contribution is 2.07. The van der Waals surface area contributed by atoms with E-state index < -0.39 is 25.0 Å². The average Bonchev–Trinajstić information content (AvgIpc) is 2.68. The van der Waals surface area contributed by atoms with Gasteiger partial charge < -0.3 is 5.11 Å². The number of allylic oxidation sites excluding steroid dienone is 4. The van der Waals surface area contributed by atoms with Crippen LogP contribution in [0.15, 0.2) is 60.2 Å². The normalized spacial score (nSPS) is 16.4. The monoisotopic (exact) mass is 376 g/mol. The van der Waals surface area contributed by atoms with Crippen molar-refractivity contribution in [2.24, 2.45) is 0 Å². The Labute approximate surface area is 126 Å². The van der Waals surface area contributed by atoms with Crippen LogP contribution in [-0.2, 0) is 0 Å². The summed E-state index contributed by atoms with van der Waals surface area (Å²) in [6.45, 7) is 0. The molecule has 2 heteroatoms. The molecule has 0 bridgehead atoms. The van der Waals surface area contributed by atoms with E-state index in [0.717, 1.165) is 11.1 Å². The molecule has 1 aromatic carbocycles. The summed E-state index contributed by atoms with van der Waals surface area (Å²) in [5.74, 6) is 5.86. The molecule has 0 saturated carbocycles. The molecule has 1 atom stereocenters. The second-order valence-electron chi connectivity index (χ2n) is 4.28. The van der Waals surface area contributed by atoms with E-state index in [1.807, 2.05) is 42.5 Å². The molecule has 0 aromatic heterocycles. The average molecular weight is 376 g/mol. The first-order valence-corrected chi connectivity index (χ1v) is 11.0. The van der Waals surface area contributed by atoms with E-state index in [1.54, 1.807) is 6.08 Å². The van der Waals surface area contributed by atoms with Gasteiger partial charge in [0.15, 0.2) is 0 Å². The van der Waals surface area contributed by atoms with Crippen LogP contribution in [0.25, 0.3) is 6.08 Å². The Morgan fingerprint density at radius 2 is 2.00 bits per heavy atom. The second kappa shape index (κ2) is 7.88. The zero-order chi connectivity index (χ0) is 14.2. The van der Waals surface area contributed by atoms with E-state index in [2.05, 4.69) is 36.9 Å². The van der Waals surface area contributed by atoms with Crippen molar-refractivity contribution in [2.75, 3.05) is 4.93 Å². The molecule has 0 fully saturated rings. The molecule has 0 amide bonds. The van der Waals surface area contributed by atoms with Gasteiger partial charge in [-0.2, -0.15) is 18.9 Å². The van der Waals surface area contributed by atoms with Crippen molar-refractivity contribution in [1.29, 1.82) is 0 Å². The van der Waals surface area contributed by atoms with Crippen LogP contribution in [0.5, 0.6) is 0 Å². The first-order chi connectivity index (χ1) is 9.74. The summed E-state index contributed by atoms with van der Waals surface area (Å²) in [4.78, 5) is 2.28. The van der Waals surface area contributed by atoms with Crippen LogP contribution in [0.1, 0.15) is 5.56 Å². The van der Waals surface area contributed by atoms with Gasteiger partial charge >= 0.3 is 0 Å². The summed E-state index contributed by atoms with van der Waals surface area (Å²) in [6, 6.07) is 9.89. The fourth-order valence-electron chi connectivity index (χ4n) is 1.57. The van der Waals surface area contributed by atoms with Gasteiger partial charge in [-0.25, -0.2) is 0 Å². The van der Waals surface area contributed by atoms with Gasteiger partial charge in [0.2, 0.25) is 0 Å². The lowest BCUT2D eigenvalue weighted by Crippen LogP contribution is -1.96. The molecule has 1 N–H and O–H groups in total. The predicted octanol–water partition coefficient (Wildman–Crippen LogP) is 3.30. The number of halogens is 1. The third-order valence-electron chi connectivity index (χ3n) is 2.62. The van der Waals surface area contributed by atoms with Crippen LogP contribution in [0.4, 0.5) is 0 Å². The highest BCUT2D eigenvalue weighted by molar-refractivity contribution is 14.2. The number of rotatable bonds is 2. The third kappa shape index (κ3) is 5.20. The van der Waals surface area contributed by atoms with Crippen molar-refractivity contribution in [3.05, 3.63) is 65.8 Å². The summed E-state index contributed by atoms with van der Waals surface area (Å²) in [5, 5.41) is 9.84. The number of alkyl halides is 1. The van der Waals surface area contributed by atoms with Crippen molar-refractivity contribution < 1.29 is 5.11 Å². The zero-order valence-electron chi connectivity index (χ0n) is 11.3. The van der Waals surface area contributed by atoms with Crippen molar-refractivity contribution in [3.8, 4) is 11.8 Å². The van der Waals surface area contributed by atoms with Gasteiger partial charge in [-0.05, 0) is 36.7 Å². The number of aliphatic hydroxyl groups excluding tert-OH is 1. The SMILES string of the molecule is CI1=CC=CC(C#CC(O)/C=C/c2ccccc2)=CC=1. The minimum absolute atomic E-state index is 0.743. The molecule has 0 aliphatic carbocycles. The van der Waals surface area contributed by atoms with E-state index >= 15 is 0 Å². The summed E-state index contributed by atoms with van der Waals surface area (Å²) >= 11 is -1.00. The Morgan fingerprint density at radius 1 is 1.20 bits per heavy atom. The lowest BCUT2D eigenvalue weighted by Gasteiger charge is -1.95. The summed E-state index contributed by atoms with van der Waals surface area (Å²) in [7, 11) is 0. The van der Waals surface area contributed by atoms with Gasteiger partial charge in [-0.15, -0.1) is 0 Å². The molecular formula is C18H17IO. The van der Waals surface area contributed by atoms with Crippen LogP contribution in [0.2, 0.25) is 0 Å². The molecule has 1 unspecified atom stereocenters. The second-order valence-corrected chi connectivity index (χ2v) is 8.93. The lowest BCUT2D eigenvalue weighted by atomic mass is 10.2. The van der Waals surface area contributed by atoms with Gasteiger partial charge in [0.25, 0.3) is 0 Å². The Morgan fingerprint density at radius 3 is 2.80 bits per heavy atom. The minimum atomic E-state index is -1.00. The number of hydrogen-bond acceptors (Lipinski definition) is 1. The molecule has 20 heavy (non-hydrogen) atoms. The fraction of sp³-hybridized carbons (Fsp3) is 0.111. The quantitative estimate of drug-likeness (QED) is 0.477. The van der Waals surface area contributed by atoms with Gasteiger partial charge in [-0.3, -0.25) is 0 Å². The predicted molar refractivity (Wildman–Crippen MR) is 98.6 cm³/mol. The van der Waals surface area contributed by atoms with Crippen molar-refractivity contribution in [2.45, 2.75) is 6.10 Å². The smallest absolute Gasteiger partial charge is 0.134 e. The van der Waals surface area contributed by atoms with Gasteiger partial charge in [0.1, 0.15) is 6.10 Å². The Bertz CT molecular complexity index is 688. The van der Waals surface area contributed by atoms with Crippen molar-refractivity contribution in [3.63, 3.8) is 0 Å². The van der Waals surface area contributed by atoms with E-state index in [0.29, 0.717) is 0 Å². The third-order valence-corrected chi connectivity index (χ3v) is 5.67. The zero-order valence-corrected chi connectivity index (χ0v) is 13.5. The molecule has 1 aliphatic rings. The first-order valence-electron chi connectivity index (χ1n) is 6.30. The highest BCUT2D eigenvalue weighted by Gasteiger charge is 1.92. The highest BCUT2D eigenvalue weighted by atomic mass is 127. The standard InChI is InChI=1S/C18H17IO/c1-19-14-5-8-17(13-15-19)10-12-18(20)11-9-16-6-3-2-4-7-16/h2-9,11,13-15,18,20H,1H3/b11-9+. The minimum Gasteiger partial charge on any atom is -0.377 e. The van der Waals surface area contributed by atoms with Crippen LogP contribution in [0, 0.1) is 11.8 Å².